The molecule has 8 heteroatoms. The van der Waals surface area contributed by atoms with Crippen LogP contribution in [-0.2, 0) is 4.79 Å². The van der Waals surface area contributed by atoms with Crippen LogP contribution in [0.3, 0.4) is 0 Å². The number of nitrogens with one attached hydrogen (secondary N) is 2. The fraction of sp³-hybridized carbons (Fsp3) is 0.333. The molecule has 1 aliphatic heterocycles. The lowest BCUT2D eigenvalue weighted by molar-refractivity contribution is -0.286. The van der Waals surface area contributed by atoms with Crippen molar-refractivity contribution in [3.05, 3.63) is 23.8 Å². The molecule has 1 amide bonds. The topological polar surface area (TPSA) is 76.2 Å². The fourth-order valence-corrected chi connectivity index (χ4v) is 2.75. The van der Waals surface area contributed by atoms with Crippen LogP contribution in [0.2, 0.25) is 0 Å². The smallest absolute Gasteiger partial charge is 0.395 e. The van der Waals surface area contributed by atoms with Gasteiger partial charge < -0.3 is 14.5 Å². The van der Waals surface area contributed by atoms with Gasteiger partial charge in [-0.2, -0.15) is 0 Å². The van der Waals surface area contributed by atoms with Crippen LogP contribution in [-0.4, -0.2) is 22.2 Å². The van der Waals surface area contributed by atoms with Gasteiger partial charge >= 0.3 is 6.29 Å². The number of carbonyl (C=O) groups is 1. The van der Waals surface area contributed by atoms with E-state index in [1.54, 1.807) is 0 Å². The van der Waals surface area contributed by atoms with Crippen molar-refractivity contribution in [3.63, 3.8) is 0 Å². The highest BCUT2D eigenvalue weighted by Crippen LogP contribution is 2.42. The normalized spacial score (nSPS) is 18.8. The number of ether oxygens (including phenoxy) is 2. The number of carbonyl (C=O) groups excluding carboxylic acids is 1. The second-order valence-electron chi connectivity index (χ2n) is 5.50. The van der Waals surface area contributed by atoms with Crippen molar-refractivity contribution in [1.82, 2.24) is 9.97 Å². The number of amides is 1. The number of aromatic amines is 1. The number of benzene rings is 1. The van der Waals surface area contributed by atoms with Gasteiger partial charge in [0.1, 0.15) is 0 Å². The lowest BCUT2D eigenvalue weighted by atomic mass is 9.99. The van der Waals surface area contributed by atoms with E-state index in [-0.39, 0.29) is 23.4 Å². The van der Waals surface area contributed by atoms with Crippen molar-refractivity contribution >= 4 is 22.9 Å². The largest absolute Gasteiger partial charge is 0.586 e. The first-order valence-electron chi connectivity index (χ1n) is 7.30. The van der Waals surface area contributed by atoms with Gasteiger partial charge in [0.25, 0.3) is 5.91 Å². The van der Waals surface area contributed by atoms with Crippen LogP contribution < -0.4 is 14.8 Å². The SMILES string of the molecule is O=C(Nc1nc2cc3c(cc2[nH]1)OC(F)(F)O3)C1=CCCCC1. The van der Waals surface area contributed by atoms with Gasteiger partial charge in [0.2, 0.25) is 5.95 Å². The maximum absolute atomic E-state index is 13.0. The second kappa shape index (κ2) is 4.94. The third-order valence-electron chi connectivity index (χ3n) is 3.82. The Bertz CT molecular complexity index is 784. The average molecular weight is 321 g/mol. The standard InChI is InChI=1S/C15H13F2N3O3/c16-15(17)22-11-6-9-10(7-12(11)23-15)19-14(18-9)20-13(21)8-4-2-1-3-5-8/h4,6-7H,1-3,5H2,(H2,18,19,20,21). The highest BCUT2D eigenvalue weighted by Gasteiger charge is 2.43. The summed E-state index contributed by atoms with van der Waals surface area (Å²) < 4.78 is 34.8. The summed E-state index contributed by atoms with van der Waals surface area (Å²) >= 11 is 0. The number of alkyl halides is 2. The predicted molar refractivity (Wildman–Crippen MR) is 77.5 cm³/mol. The van der Waals surface area contributed by atoms with E-state index in [2.05, 4.69) is 24.8 Å². The van der Waals surface area contributed by atoms with Crippen LogP contribution in [0.5, 0.6) is 11.5 Å². The lowest BCUT2D eigenvalue weighted by Crippen LogP contribution is -2.25. The Morgan fingerprint density at radius 1 is 1.26 bits per heavy atom. The molecule has 2 N–H and O–H groups in total. The molecule has 2 aliphatic rings. The van der Waals surface area contributed by atoms with Crippen LogP contribution in [0.15, 0.2) is 23.8 Å². The Morgan fingerprint density at radius 3 is 2.78 bits per heavy atom. The Morgan fingerprint density at radius 2 is 2.04 bits per heavy atom. The van der Waals surface area contributed by atoms with Crippen molar-refractivity contribution in [2.45, 2.75) is 32.0 Å². The number of hydrogen-bond donors (Lipinski definition) is 2. The Hall–Kier alpha value is -2.64. The molecule has 0 saturated carbocycles. The summed E-state index contributed by atoms with van der Waals surface area (Å²) in [6.45, 7) is 0. The molecular formula is C15H13F2N3O3. The predicted octanol–water partition coefficient (Wildman–Crippen LogP) is 3.32. The molecule has 0 saturated heterocycles. The molecule has 120 valence electrons. The van der Waals surface area contributed by atoms with Gasteiger partial charge in [-0.15, -0.1) is 8.78 Å². The van der Waals surface area contributed by atoms with Crippen molar-refractivity contribution in [1.29, 1.82) is 0 Å². The molecule has 0 unspecified atom stereocenters. The van der Waals surface area contributed by atoms with Crippen molar-refractivity contribution in [2.24, 2.45) is 0 Å². The van der Waals surface area contributed by atoms with Crippen LogP contribution in [0.25, 0.3) is 11.0 Å². The second-order valence-corrected chi connectivity index (χ2v) is 5.50. The Balaban J connectivity index is 1.58. The first-order chi connectivity index (χ1) is 11.0. The van der Waals surface area contributed by atoms with Gasteiger partial charge in [0.15, 0.2) is 11.5 Å². The van der Waals surface area contributed by atoms with Crippen molar-refractivity contribution < 1.29 is 23.0 Å². The number of allylic oxidation sites excluding steroid dienone is 1. The molecule has 1 aromatic carbocycles. The van der Waals surface area contributed by atoms with E-state index in [1.807, 2.05) is 6.08 Å². The molecule has 1 aromatic heterocycles. The number of imidazole rings is 1. The van der Waals surface area contributed by atoms with Crippen LogP contribution in [0.4, 0.5) is 14.7 Å². The molecule has 0 fully saturated rings. The van der Waals surface area contributed by atoms with Crippen molar-refractivity contribution in [2.75, 3.05) is 5.32 Å². The molecule has 1 aliphatic carbocycles. The lowest BCUT2D eigenvalue weighted by Gasteiger charge is -2.11. The van der Waals surface area contributed by atoms with E-state index in [1.165, 1.54) is 12.1 Å². The highest BCUT2D eigenvalue weighted by atomic mass is 19.3. The van der Waals surface area contributed by atoms with E-state index < -0.39 is 6.29 Å². The number of nitrogens with zero attached hydrogens (tertiary/aromatic N) is 1. The summed E-state index contributed by atoms with van der Waals surface area (Å²) in [5.74, 6) is -0.0943. The monoisotopic (exact) mass is 321 g/mol. The zero-order valence-corrected chi connectivity index (χ0v) is 12.0. The minimum absolute atomic E-state index is 0.0704. The van der Waals surface area contributed by atoms with Crippen LogP contribution in [0.1, 0.15) is 25.7 Å². The summed E-state index contributed by atoms with van der Waals surface area (Å²) in [4.78, 5) is 19.2. The fourth-order valence-electron chi connectivity index (χ4n) is 2.75. The molecule has 0 atom stereocenters. The summed E-state index contributed by atoms with van der Waals surface area (Å²) in [6, 6.07) is 2.71. The first-order valence-corrected chi connectivity index (χ1v) is 7.30. The highest BCUT2D eigenvalue weighted by molar-refractivity contribution is 6.03. The number of halogens is 2. The van der Waals surface area contributed by atoms with Crippen LogP contribution in [0, 0.1) is 0 Å². The molecule has 0 radical (unpaired) electrons. The zero-order chi connectivity index (χ0) is 16.0. The minimum Gasteiger partial charge on any atom is -0.395 e. The molecule has 23 heavy (non-hydrogen) atoms. The number of anilines is 1. The number of aromatic nitrogens is 2. The third-order valence-corrected chi connectivity index (χ3v) is 3.82. The van der Waals surface area contributed by atoms with E-state index in [4.69, 9.17) is 0 Å². The quantitative estimate of drug-likeness (QED) is 0.889. The number of hydrogen-bond acceptors (Lipinski definition) is 4. The van der Waals surface area contributed by atoms with Crippen molar-refractivity contribution in [3.8, 4) is 11.5 Å². The van der Waals surface area contributed by atoms with E-state index in [0.29, 0.717) is 11.0 Å². The summed E-state index contributed by atoms with van der Waals surface area (Å²) in [5, 5.41) is 2.69. The summed E-state index contributed by atoms with van der Waals surface area (Å²) in [7, 11) is 0. The maximum Gasteiger partial charge on any atom is 0.586 e. The molecular weight excluding hydrogens is 308 g/mol. The van der Waals surface area contributed by atoms with Gasteiger partial charge in [-0.05, 0) is 25.7 Å². The minimum atomic E-state index is -3.66. The zero-order valence-electron chi connectivity index (χ0n) is 12.0. The van der Waals surface area contributed by atoms with Gasteiger partial charge in [0, 0.05) is 17.7 Å². The number of rotatable bonds is 2. The molecule has 0 spiro atoms. The molecule has 4 rings (SSSR count). The van der Waals surface area contributed by atoms with Gasteiger partial charge in [0.05, 0.1) is 11.0 Å². The maximum atomic E-state index is 13.0. The Labute approximate surface area is 129 Å². The van der Waals surface area contributed by atoms with E-state index in [0.717, 1.165) is 31.3 Å². The van der Waals surface area contributed by atoms with E-state index >= 15 is 0 Å². The summed E-state index contributed by atoms with van der Waals surface area (Å²) in [6.07, 6.45) is 2.01. The number of fused-ring (bicyclic) bond motifs is 2. The number of H-pyrrole nitrogens is 1. The van der Waals surface area contributed by atoms with Gasteiger partial charge in [-0.25, -0.2) is 4.98 Å². The average Bonchev–Trinajstić information content (AvgIpc) is 3.02. The van der Waals surface area contributed by atoms with E-state index in [9.17, 15) is 13.6 Å². The molecule has 6 nitrogen and oxygen atoms in total. The first kappa shape index (κ1) is 14.0. The summed E-state index contributed by atoms with van der Waals surface area (Å²) in [5.41, 5.74) is 1.61. The van der Waals surface area contributed by atoms with Crippen LogP contribution >= 0.6 is 0 Å². The Kier molecular flexibility index (Phi) is 3.00. The van der Waals surface area contributed by atoms with Gasteiger partial charge in [-0.1, -0.05) is 6.08 Å². The third kappa shape index (κ3) is 2.60. The molecule has 2 heterocycles. The molecule has 0 bridgehead atoms. The van der Waals surface area contributed by atoms with Gasteiger partial charge in [-0.3, -0.25) is 10.1 Å². The molecule has 2 aromatic rings.